The van der Waals surface area contributed by atoms with Gasteiger partial charge in [-0.15, -0.1) is 22.7 Å². The fourth-order valence-corrected chi connectivity index (χ4v) is 8.22. The van der Waals surface area contributed by atoms with Gasteiger partial charge in [-0.2, -0.15) is 5.26 Å². The molecular weight excluding hydrogens is 709 g/mol. The van der Waals surface area contributed by atoms with Crippen LogP contribution in [0.4, 0.5) is 17.1 Å². The summed E-state index contributed by atoms with van der Waals surface area (Å²) in [6, 6.07) is 30.7. The van der Waals surface area contributed by atoms with Crippen LogP contribution in [0.5, 0.6) is 17.2 Å². The Bertz CT molecular complexity index is 2170. The van der Waals surface area contributed by atoms with Gasteiger partial charge in [0, 0.05) is 25.2 Å². The zero-order valence-corrected chi connectivity index (χ0v) is 32.6. The number of hydrogen-bond donors (Lipinski definition) is 1. The number of thiophene rings is 2. The Morgan fingerprint density at radius 1 is 0.778 bits per heavy atom. The number of unbranched alkanes of at least 4 members (excludes halogenated alkanes) is 6. The number of ether oxygens (including phenoxy) is 2. The van der Waals surface area contributed by atoms with Crippen molar-refractivity contribution in [2.24, 2.45) is 0 Å². The van der Waals surface area contributed by atoms with Crippen LogP contribution in [-0.4, -0.2) is 17.7 Å². The molecule has 0 saturated heterocycles. The van der Waals surface area contributed by atoms with Gasteiger partial charge in [-0.05, 0) is 121 Å². The smallest absolute Gasteiger partial charge is 0.346 e. The number of para-hydroxylation sites is 2. The van der Waals surface area contributed by atoms with Gasteiger partial charge in [-0.25, -0.2) is 4.79 Å². The van der Waals surface area contributed by atoms with E-state index in [1.54, 1.807) is 17.4 Å². The minimum atomic E-state index is -1.22. The topological polar surface area (TPSA) is 82.8 Å². The Balaban J connectivity index is 1.22. The lowest BCUT2D eigenvalue weighted by Crippen LogP contribution is -2.15. The van der Waals surface area contributed by atoms with Gasteiger partial charge >= 0.3 is 5.97 Å². The van der Waals surface area contributed by atoms with Crippen molar-refractivity contribution >= 4 is 76.1 Å². The van der Waals surface area contributed by atoms with E-state index in [-0.39, 0.29) is 5.57 Å². The Labute approximate surface area is 326 Å². The number of nitrogens with zero attached hydrogens (tertiary/aromatic N) is 2. The van der Waals surface area contributed by atoms with E-state index < -0.39 is 5.97 Å². The number of aliphatic carboxylic acids is 1. The molecule has 3 heterocycles. The van der Waals surface area contributed by atoms with E-state index in [0.29, 0.717) is 0 Å². The Morgan fingerprint density at radius 2 is 1.52 bits per heavy atom. The number of rotatable bonds is 18. The summed E-state index contributed by atoms with van der Waals surface area (Å²) in [6.45, 7) is 5.19. The first-order chi connectivity index (χ1) is 26.4. The summed E-state index contributed by atoms with van der Waals surface area (Å²) in [7, 11) is 0. The van der Waals surface area contributed by atoms with Gasteiger partial charge in [0.05, 0.1) is 18.0 Å². The molecule has 54 heavy (non-hydrogen) atoms. The maximum atomic E-state index is 11.3. The van der Waals surface area contributed by atoms with Gasteiger partial charge in [-0.1, -0.05) is 76.6 Å². The summed E-state index contributed by atoms with van der Waals surface area (Å²) in [5, 5.41) is 18.3. The van der Waals surface area contributed by atoms with Crippen LogP contribution in [0.2, 0.25) is 0 Å². The van der Waals surface area contributed by atoms with Crippen molar-refractivity contribution in [3.8, 4) is 23.3 Å². The highest BCUT2D eigenvalue weighted by atomic mass is 32.1. The lowest BCUT2D eigenvalue weighted by Gasteiger charge is -2.33. The van der Waals surface area contributed by atoms with Crippen molar-refractivity contribution < 1.29 is 19.4 Å². The number of carboxylic acids is 1. The first kappa shape index (κ1) is 38.4. The lowest BCUT2D eigenvalue weighted by molar-refractivity contribution is -0.132. The molecule has 0 atom stereocenters. The quantitative estimate of drug-likeness (QED) is 0.0534. The van der Waals surface area contributed by atoms with Crippen molar-refractivity contribution in [1.82, 2.24) is 0 Å². The van der Waals surface area contributed by atoms with Crippen molar-refractivity contribution in [3.05, 3.63) is 121 Å². The molecule has 0 spiro atoms. The minimum Gasteiger partial charge on any atom is -0.494 e. The van der Waals surface area contributed by atoms with Crippen molar-refractivity contribution in [2.75, 3.05) is 11.5 Å². The molecule has 1 N–H and O–H groups in total. The fraction of sp³-hybridized carbons (Fsp3) is 0.261. The lowest BCUT2D eigenvalue weighted by atomic mass is 10.1. The average molecular weight is 755 g/mol. The molecule has 6 nitrogen and oxygen atoms in total. The van der Waals surface area contributed by atoms with Gasteiger partial charge < -0.3 is 19.5 Å². The van der Waals surface area contributed by atoms with Crippen LogP contribution in [0.1, 0.15) is 95.8 Å². The number of carboxylic acid groups (broad SMARTS) is 1. The molecule has 0 unspecified atom stereocenters. The molecule has 0 saturated carbocycles. The van der Waals surface area contributed by atoms with Crippen LogP contribution < -0.4 is 14.4 Å². The first-order valence-electron chi connectivity index (χ1n) is 18.8. The van der Waals surface area contributed by atoms with E-state index in [2.05, 4.69) is 97.6 Å². The van der Waals surface area contributed by atoms with Crippen molar-refractivity contribution in [1.29, 1.82) is 5.26 Å². The van der Waals surface area contributed by atoms with Crippen LogP contribution >= 0.6 is 22.7 Å². The molecular formula is C46H46N2O4S2. The largest absolute Gasteiger partial charge is 0.494 e. The van der Waals surface area contributed by atoms with Crippen LogP contribution in [0, 0.1) is 11.3 Å². The number of hydrogen-bond acceptors (Lipinski definition) is 7. The van der Waals surface area contributed by atoms with E-state index in [0.717, 1.165) is 80.4 Å². The minimum absolute atomic E-state index is 0.272. The second-order valence-corrected chi connectivity index (χ2v) is 15.5. The molecule has 2 aromatic heterocycles. The maximum Gasteiger partial charge on any atom is 0.346 e. The molecule has 1 aliphatic rings. The molecule has 6 rings (SSSR count). The summed E-state index contributed by atoms with van der Waals surface area (Å²) in [5.74, 6) is 1.28. The average Bonchev–Trinajstić information content (AvgIpc) is 3.82. The molecule has 0 bridgehead atoms. The highest BCUT2D eigenvalue weighted by Crippen LogP contribution is 2.50. The normalized spacial score (nSPS) is 12.5. The van der Waals surface area contributed by atoms with Gasteiger partial charge in [0.15, 0.2) is 11.5 Å². The number of anilines is 3. The van der Waals surface area contributed by atoms with Crippen LogP contribution in [-0.2, 0) is 11.2 Å². The van der Waals surface area contributed by atoms with Gasteiger partial charge in [0.1, 0.15) is 17.4 Å². The third-order valence-electron chi connectivity index (χ3n) is 9.20. The standard InChI is InChI=1S/C46H46N2O4S2/c1-3-5-7-9-13-34-30-40(25-23-38-22-24-39(53-38)31-35(32-47)46(49)50)54-45(34)27-17-33-16-26-42-44(29-33)52-43-15-11-10-14-41(43)48(42)36-18-20-37(21-19-36)51-28-12-8-6-4-2/h10-11,14-27,29-31H,3-9,12-13,28H2,1-2H3,(H,49,50)/b25-23+,27-17+,35-31+. The molecule has 0 aliphatic carbocycles. The number of benzene rings is 3. The highest BCUT2D eigenvalue weighted by molar-refractivity contribution is 7.14. The number of nitriles is 1. The second kappa shape index (κ2) is 19.1. The third kappa shape index (κ3) is 9.98. The molecule has 276 valence electrons. The zero-order chi connectivity index (χ0) is 37.7. The van der Waals surface area contributed by atoms with Crippen LogP contribution in [0.3, 0.4) is 0 Å². The summed E-state index contributed by atoms with van der Waals surface area (Å²) >= 11 is 3.22. The molecule has 1 aliphatic heterocycles. The van der Waals surface area contributed by atoms with Gasteiger partial charge in [-0.3, -0.25) is 0 Å². The van der Waals surface area contributed by atoms with E-state index in [1.165, 1.54) is 66.4 Å². The van der Waals surface area contributed by atoms with E-state index >= 15 is 0 Å². The zero-order valence-electron chi connectivity index (χ0n) is 30.9. The number of carbonyl (C=O) groups is 1. The van der Waals surface area contributed by atoms with Crippen LogP contribution in [0.15, 0.2) is 90.5 Å². The summed E-state index contributed by atoms with van der Waals surface area (Å²) in [4.78, 5) is 17.6. The first-order valence-corrected chi connectivity index (χ1v) is 20.5. The van der Waals surface area contributed by atoms with E-state index in [9.17, 15) is 9.90 Å². The van der Waals surface area contributed by atoms with Crippen molar-refractivity contribution in [2.45, 2.75) is 71.6 Å². The number of fused-ring (bicyclic) bond motifs is 2. The molecule has 5 aromatic rings. The monoisotopic (exact) mass is 754 g/mol. The Morgan fingerprint density at radius 3 is 2.30 bits per heavy atom. The van der Waals surface area contributed by atoms with Gasteiger partial charge in [0.25, 0.3) is 0 Å². The molecule has 0 amide bonds. The molecule has 0 fully saturated rings. The third-order valence-corrected chi connectivity index (χ3v) is 11.3. The molecule has 0 radical (unpaired) electrons. The molecule has 3 aromatic carbocycles. The molecule has 8 heteroatoms. The SMILES string of the molecule is CCCCCCOc1ccc(N2c3ccccc3Oc3cc(/C=C/c4sc(/C=C/c5ccc(/C=C(\C#N)C(=O)O)s5)cc4CCCCCC)ccc32)cc1. The fourth-order valence-electron chi connectivity index (χ4n) is 6.35. The van der Waals surface area contributed by atoms with Crippen LogP contribution in [0.25, 0.3) is 30.4 Å². The van der Waals surface area contributed by atoms with Crippen molar-refractivity contribution in [3.63, 3.8) is 0 Å². The Hall–Kier alpha value is -5.36. The summed E-state index contributed by atoms with van der Waals surface area (Å²) in [5.41, 5.74) is 5.15. The Kier molecular flexibility index (Phi) is 13.6. The van der Waals surface area contributed by atoms with Gasteiger partial charge in [0.2, 0.25) is 0 Å². The second-order valence-electron chi connectivity index (χ2n) is 13.3. The number of aryl methyl sites for hydroxylation is 1. The maximum absolute atomic E-state index is 11.3. The highest BCUT2D eigenvalue weighted by Gasteiger charge is 2.25. The van der Waals surface area contributed by atoms with E-state index in [4.69, 9.17) is 14.7 Å². The van der Waals surface area contributed by atoms with E-state index in [1.807, 2.05) is 30.3 Å². The predicted octanol–water partition coefficient (Wildman–Crippen LogP) is 13.8. The summed E-state index contributed by atoms with van der Waals surface area (Å²) in [6.07, 6.45) is 20.5. The predicted molar refractivity (Wildman–Crippen MR) is 226 cm³/mol. The summed E-state index contributed by atoms with van der Waals surface area (Å²) < 4.78 is 12.5.